The number of nitriles is 1. The fourth-order valence-electron chi connectivity index (χ4n) is 1.83. The Hall–Kier alpha value is -1.57. The van der Waals surface area contributed by atoms with Gasteiger partial charge < -0.3 is 10.6 Å². The van der Waals surface area contributed by atoms with Crippen LogP contribution in [0.15, 0.2) is 24.3 Å². The number of rotatable bonds is 2. The number of nitrogens with zero attached hydrogens (tertiary/aromatic N) is 2. The molecule has 1 aromatic carbocycles. The minimum atomic E-state index is -0.335. The molecule has 1 fully saturated rings. The zero-order valence-corrected chi connectivity index (χ0v) is 10.1. The van der Waals surface area contributed by atoms with Crippen molar-refractivity contribution in [2.24, 2.45) is 5.73 Å². The monoisotopic (exact) mass is 251 g/mol. The first-order chi connectivity index (χ1) is 7.70. The second kappa shape index (κ2) is 5.67. The lowest BCUT2D eigenvalue weighted by molar-refractivity contribution is -0.129. The number of halogens is 1. The standard InChI is InChI=1S/C12H13N3O.ClH/c13-7-9-1-3-10(4-2-9)8-15-6-5-11(14)12(15)16;/h1-4,11H,5-6,8,14H2;1H/t11-;/m0./s1. The van der Waals surface area contributed by atoms with Gasteiger partial charge in [0.2, 0.25) is 5.91 Å². The van der Waals surface area contributed by atoms with E-state index in [4.69, 9.17) is 11.0 Å². The van der Waals surface area contributed by atoms with Crippen LogP contribution in [-0.4, -0.2) is 23.4 Å². The fraction of sp³-hybridized carbons (Fsp3) is 0.333. The molecule has 0 unspecified atom stereocenters. The van der Waals surface area contributed by atoms with E-state index in [0.29, 0.717) is 12.1 Å². The molecule has 0 aromatic heterocycles. The first-order valence-corrected chi connectivity index (χ1v) is 5.24. The van der Waals surface area contributed by atoms with E-state index >= 15 is 0 Å². The van der Waals surface area contributed by atoms with Crippen LogP contribution in [0.25, 0.3) is 0 Å². The van der Waals surface area contributed by atoms with Gasteiger partial charge in [-0.1, -0.05) is 12.1 Å². The second-order valence-electron chi connectivity index (χ2n) is 3.96. The van der Waals surface area contributed by atoms with Gasteiger partial charge in [0.15, 0.2) is 0 Å². The van der Waals surface area contributed by atoms with Gasteiger partial charge in [-0.3, -0.25) is 4.79 Å². The zero-order valence-electron chi connectivity index (χ0n) is 9.30. The number of carbonyl (C=O) groups is 1. The number of nitrogens with two attached hydrogens (primary N) is 1. The zero-order chi connectivity index (χ0) is 11.5. The van der Waals surface area contributed by atoms with Crippen LogP contribution < -0.4 is 5.73 Å². The lowest BCUT2D eigenvalue weighted by Gasteiger charge is -2.15. The lowest BCUT2D eigenvalue weighted by atomic mass is 10.1. The molecule has 1 amide bonds. The molecule has 1 saturated heterocycles. The Labute approximate surface area is 106 Å². The van der Waals surface area contributed by atoms with Crippen molar-refractivity contribution in [1.29, 1.82) is 5.26 Å². The van der Waals surface area contributed by atoms with Gasteiger partial charge in [0.1, 0.15) is 0 Å². The number of benzene rings is 1. The summed E-state index contributed by atoms with van der Waals surface area (Å²) in [6.07, 6.45) is 0.731. The maximum atomic E-state index is 11.6. The summed E-state index contributed by atoms with van der Waals surface area (Å²) in [4.78, 5) is 13.3. The van der Waals surface area contributed by atoms with Crippen LogP contribution in [0, 0.1) is 11.3 Å². The third kappa shape index (κ3) is 2.96. The van der Waals surface area contributed by atoms with Gasteiger partial charge in [0, 0.05) is 13.1 Å². The highest BCUT2D eigenvalue weighted by Gasteiger charge is 2.27. The largest absolute Gasteiger partial charge is 0.337 e. The van der Waals surface area contributed by atoms with Crippen LogP contribution in [0.5, 0.6) is 0 Å². The highest BCUT2D eigenvalue weighted by atomic mass is 35.5. The summed E-state index contributed by atoms with van der Waals surface area (Å²) in [5.41, 5.74) is 7.30. The van der Waals surface area contributed by atoms with Crippen molar-refractivity contribution in [2.75, 3.05) is 6.54 Å². The van der Waals surface area contributed by atoms with Gasteiger partial charge in [0.25, 0.3) is 0 Å². The Kier molecular flexibility index (Phi) is 4.50. The molecule has 2 N–H and O–H groups in total. The number of amides is 1. The van der Waals surface area contributed by atoms with Crippen LogP contribution in [0.4, 0.5) is 0 Å². The summed E-state index contributed by atoms with van der Waals surface area (Å²) < 4.78 is 0. The van der Waals surface area contributed by atoms with Crippen molar-refractivity contribution in [3.05, 3.63) is 35.4 Å². The van der Waals surface area contributed by atoms with E-state index in [1.165, 1.54) is 0 Å². The molecule has 4 nitrogen and oxygen atoms in total. The van der Waals surface area contributed by atoms with E-state index in [9.17, 15) is 4.79 Å². The molecular formula is C12H14ClN3O. The first kappa shape index (κ1) is 13.5. The number of hydrogen-bond donors (Lipinski definition) is 1. The molecular weight excluding hydrogens is 238 g/mol. The summed E-state index contributed by atoms with van der Waals surface area (Å²) in [5.74, 6) is 0.0179. The molecule has 0 spiro atoms. The van der Waals surface area contributed by atoms with Gasteiger partial charge in [-0.2, -0.15) is 5.26 Å². The van der Waals surface area contributed by atoms with E-state index < -0.39 is 0 Å². The van der Waals surface area contributed by atoms with Crippen LogP contribution in [0.1, 0.15) is 17.5 Å². The summed E-state index contributed by atoms with van der Waals surface area (Å²) in [5, 5.41) is 8.66. The molecule has 2 rings (SSSR count). The highest BCUT2D eigenvalue weighted by molar-refractivity contribution is 5.85. The minimum absolute atomic E-state index is 0. The maximum Gasteiger partial charge on any atom is 0.239 e. The fourth-order valence-corrected chi connectivity index (χ4v) is 1.83. The molecule has 1 atom stereocenters. The molecule has 1 heterocycles. The summed E-state index contributed by atoms with van der Waals surface area (Å²) in [6, 6.07) is 8.99. The first-order valence-electron chi connectivity index (χ1n) is 5.24. The topological polar surface area (TPSA) is 70.1 Å². The van der Waals surface area contributed by atoms with Gasteiger partial charge in [-0.25, -0.2) is 0 Å². The number of hydrogen-bond acceptors (Lipinski definition) is 3. The minimum Gasteiger partial charge on any atom is -0.337 e. The van der Waals surface area contributed by atoms with Crippen molar-refractivity contribution in [3.63, 3.8) is 0 Å². The Balaban J connectivity index is 0.00000144. The third-order valence-corrected chi connectivity index (χ3v) is 2.80. The third-order valence-electron chi connectivity index (χ3n) is 2.80. The quantitative estimate of drug-likeness (QED) is 0.854. The number of likely N-dealkylation sites (tertiary alicyclic amines) is 1. The Bertz CT molecular complexity index is 438. The van der Waals surface area contributed by atoms with Crippen LogP contribution in [0.3, 0.4) is 0 Å². The maximum absolute atomic E-state index is 11.6. The summed E-state index contributed by atoms with van der Waals surface area (Å²) >= 11 is 0. The molecule has 0 aliphatic carbocycles. The van der Waals surface area contributed by atoms with E-state index in [0.717, 1.165) is 18.5 Å². The van der Waals surface area contributed by atoms with Crippen molar-refractivity contribution in [3.8, 4) is 6.07 Å². The van der Waals surface area contributed by atoms with E-state index in [1.807, 2.05) is 12.1 Å². The van der Waals surface area contributed by atoms with Crippen molar-refractivity contribution in [2.45, 2.75) is 19.0 Å². The Morgan fingerprint density at radius 2 is 2.06 bits per heavy atom. The Morgan fingerprint density at radius 1 is 1.41 bits per heavy atom. The molecule has 17 heavy (non-hydrogen) atoms. The van der Waals surface area contributed by atoms with Crippen molar-refractivity contribution in [1.82, 2.24) is 4.90 Å². The van der Waals surface area contributed by atoms with Gasteiger partial charge in [-0.05, 0) is 24.1 Å². The van der Waals surface area contributed by atoms with E-state index in [-0.39, 0.29) is 24.4 Å². The second-order valence-corrected chi connectivity index (χ2v) is 3.96. The lowest BCUT2D eigenvalue weighted by Crippen LogP contribution is -2.33. The SMILES string of the molecule is Cl.N#Cc1ccc(CN2CC[C@H](N)C2=O)cc1. The molecule has 1 aromatic rings. The predicted octanol–water partition coefficient (Wildman–Crippen LogP) is 1.04. The van der Waals surface area contributed by atoms with E-state index in [2.05, 4.69) is 6.07 Å². The van der Waals surface area contributed by atoms with Gasteiger partial charge in [0.05, 0.1) is 17.7 Å². The molecule has 90 valence electrons. The predicted molar refractivity (Wildman–Crippen MR) is 66.4 cm³/mol. The Morgan fingerprint density at radius 3 is 2.53 bits per heavy atom. The molecule has 5 heteroatoms. The van der Waals surface area contributed by atoms with Gasteiger partial charge in [-0.15, -0.1) is 12.4 Å². The van der Waals surface area contributed by atoms with Crippen LogP contribution >= 0.6 is 12.4 Å². The average molecular weight is 252 g/mol. The molecule has 0 saturated carbocycles. The molecule has 0 bridgehead atoms. The van der Waals surface area contributed by atoms with E-state index in [1.54, 1.807) is 17.0 Å². The normalized spacial score (nSPS) is 18.7. The summed E-state index contributed by atoms with van der Waals surface area (Å²) in [6.45, 7) is 1.30. The highest BCUT2D eigenvalue weighted by Crippen LogP contribution is 2.14. The average Bonchev–Trinajstić information content (AvgIpc) is 2.62. The molecule has 0 radical (unpaired) electrons. The van der Waals surface area contributed by atoms with Crippen molar-refractivity contribution >= 4 is 18.3 Å². The van der Waals surface area contributed by atoms with Crippen LogP contribution in [-0.2, 0) is 11.3 Å². The van der Waals surface area contributed by atoms with Gasteiger partial charge >= 0.3 is 0 Å². The number of carbonyl (C=O) groups excluding carboxylic acids is 1. The molecule has 1 aliphatic rings. The van der Waals surface area contributed by atoms with Crippen LogP contribution in [0.2, 0.25) is 0 Å². The summed E-state index contributed by atoms with van der Waals surface area (Å²) in [7, 11) is 0. The molecule has 1 aliphatic heterocycles. The smallest absolute Gasteiger partial charge is 0.239 e. The van der Waals surface area contributed by atoms with Crippen molar-refractivity contribution < 1.29 is 4.79 Å².